The van der Waals surface area contributed by atoms with Crippen LogP contribution in [0, 0.1) is 0 Å². The highest BCUT2D eigenvalue weighted by atomic mass is 16.5. The Morgan fingerprint density at radius 2 is 1.73 bits per heavy atom. The van der Waals surface area contributed by atoms with Crippen LogP contribution >= 0.6 is 0 Å². The summed E-state index contributed by atoms with van der Waals surface area (Å²) in [7, 11) is 1.58. The van der Waals surface area contributed by atoms with Crippen molar-refractivity contribution < 1.29 is 23.9 Å². The molecule has 0 unspecified atom stereocenters. The van der Waals surface area contributed by atoms with E-state index in [0.717, 1.165) is 50.7 Å². The summed E-state index contributed by atoms with van der Waals surface area (Å²) >= 11 is 0. The zero-order valence-electron chi connectivity index (χ0n) is 21.7. The lowest BCUT2D eigenvalue weighted by Gasteiger charge is -2.43. The Kier molecular flexibility index (Phi) is 6.71. The van der Waals surface area contributed by atoms with E-state index in [1.165, 1.54) is 19.3 Å². The number of ether oxygens (including phenoxy) is 2. The molecule has 1 N–H and O–H groups in total. The average molecular weight is 511 g/mol. The van der Waals surface area contributed by atoms with E-state index >= 15 is 0 Å². The molecule has 200 valence electrons. The number of hydrogen-bond donors (Lipinski definition) is 1. The fourth-order valence-corrected chi connectivity index (χ4v) is 6.89. The van der Waals surface area contributed by atoms with Crippen LogP contribution in [0.5, 0.6) is 0 Å². The summed E-state index contributed by atoms with van der Waals surface area (Å²) in [5.74, 6) is -0.529. The second kappa shape index (κ2) is 10.0. The van der Waals surface area contributed by atoms with E-state index in [4.69, 9.17) is 9.47 Å². The Morgan fingerprint density at radius 1 is 1.03 bits per heavy atom. The molecule has 1 aromatic carbocycles. The lowest BCUT2D eigenvalue weighted by molar-refractivity contribution is -0.142. The molecule has 5 aliphatic rings. The van der Waals surface area contributed by atoms with E-state index in [0.29, 0.717) is 24.9 Å². The Balaban J connectivity index is 1.12. The van der Waals surface area contributed by atoms with Gasteiger partial charge in [0.15, 0.2) is 5.78 Å². The van der Waals surface area contributed by atoms with Crippen molar-refractivity contribution in [2.75, 3.05) is 51.3 Å². The fraction of sp³-hybridized carbons (Fsp3) is 0.679. The van der Waals surface area contributed by atoms with E-state index in [1.54, 1.807) is 12.0 Å². The maximum absolute atomic E-state index is 13.9. The first-order chi connectivity index (χ1) is 18.0. The summed E-state index contributed by atoms with van der Waals surface area (Å²) in [4.78, 5) is 46.4. The Morgan fingerprint density at radius 3 is 2.35 bits per heavy atom. The minimum absolute atomic E-state index is 0.000309. The first kappa shape index (κ1) is 24.8. The highest BCUT2D eigenvalue weighted by molar-refractivity contribution is 6.01. The van der Waals surface area contributed by atoms with Gasteiger partial charge in [0.2, 0.25) is 5.91 Å². The van der Waals surface area contributed by atoms with Crippen LogP contribution in [0.15, 0.2) is 24.3 Å². The lowest BCUT2D eigenvalue weighted by Crippen LogP contribution is -2.60. The first-order valence-electron chi connectivity index (χ1n) is 13.9. The maximum Gasteiger partial charge on any atom is 0.252 e. The molecule has 3 heterocycles. The summed E-state index contributed by atoms with van der Waals surface area (Å²) < 4.78 is 11.2. The van der Waals surface area contributed by atoms with Crippen LogP contribution in [0.3, 0.4) is 0 Å². The Bertz CT molecular complexity index is 1030. The van der Waals surface area contributed by atoms with Crippen LogP contribution in [0.25, 0.3) is 0 Å². The van der Waals surface area contributed by atoms with Gasteiger partial charge < -0.3 is 24.6 Å². The Hall–Kier alpha value is -2.49. The van der Waals surface area contributed by atoms with Crippen molar-refractivity contribution in [3.63, 3.8) is 0 Å². The summed E-state index contributed by atoms with van der Waals surface area (Å²) in [5, 5.41) is 3.10. The molecule has 6 rings (SSSR count). The zero-order valence-corrected chi connectivity index (χ0v) is 21.7. The maximum atomic E-state index is 13.9. The first-order valence-corrected chi connectivity index (χ1v) is 13.9. The zero-order chi connectivity index (χ0) is 25.6. The van der Waals surface area contributed by atoms with Crippen molar-refractivity contribution in [2.24, 2.45) is 0 Å². The number of benzene rings is 1. The van der Waals surface area contributed by atoms with Crippen LogP contribution in [-0.2, 0) is 19.1 Å². The van der Waals surface area contributed by atoms with E-state index in [9.17, 15) is 14.4 Å². The van der Waals surface area contributed by atoms with Crippen molar-refractivity contribution >= 4 is 23.3 Å². The molecule has 5 fully saturated rings. The predicted molar refractivity (Wildman–Crippen MR) is 138 cm³/mol. The van der Waals surface area contributed by atoms with Gasteiger partial charge in [-0.25, -0.2) is 0 Å². The number of fused-ring (bicyclic) bond motifs is 1. The SMILES string of the molecule is CO[C@@H]1CN(C(=O)C2(NC(=O)c3ccc(N4CCN(C5CCC5)CC4)cc3)CCCC2)[C@@H]2C(=O)CO[C@@H]21. The molecule has 0 spiro atoms. The van der Waals surface area contributed by atoms with Crippen LogP contribution in [0.2, 0.25) is 0 Å². The molecule has 0 aromatic heterocycles. The fourth-order valence-electron chi connectivity index (χ4n) is 6.89. The molecule has 0 radical (unpaired) electrons. The second-order valence-corrected chi connectivity index (χ2v) is 11.3. The number of nitrogens with zero attached hydrogens (tertiary/aromatic N) is 3. The summed E-state index contributed by atoms with van der Waals surface area (Å²) in [6.07, 6.45) is 6.13. The topological polar surface area (TPSA) is 91.4 Å². The van der Waals surface area contributed by atoms with Crippen LogP contribution in [-0.4, -0.2) is 104 Å². The molecular formula is C28H38N4O5. The number of nitrogens with one attached hydrogen (secondary N) is 1. The van der Waals surface area contributed by atoms with Gasteiger partial charge in [-0.15, -0.1) is 0 Å². The van der Waals surface area contributed by atoms with E-state index < -0.39 is 17.7 Å². The number of likely N-dealkylation sites (tertiary alicyclic amines) is 1. The highest BCUT2D eigenvalue weighted by Crippen LogP contribution is 2.37. The van der Waals surface area contributed by atoms with Crippen molar-refractivity contribution in [3.05, 3.63) is 29.8 Å². The quantitative estimate of drug-likeness (QED) is 0.622. The molecule has 37 heavy (non-hydrogen) atoms. The number of carbonyl (C=O) groups is 3. The number of rotatable bonds is 6. The van der Waals surface area contributed by atoms with Crippen molar-refractivity contribution in [2.45, 2.75) is 74.8 Å². The van der Waals surface area contributed by atoms with Gasteiger partial charge in [0.1, 0.15) is 30.4 Å². The number of carbonyl (C=O) groups excluding carboxylic acids is 3. The van der Waals surface area contributed by atoms with Crippen molar-refractivity contribution in [1.29, 1.82) is 0 Å². The number of piperazine rings is 1. The van der Waals surface area contributed by atoms with E-state index in [2.05, 4.69) is 15.1 Å². The van der Waals surface area contributed by atoms with Gasteiger partial charge in [-0.1, -0.05) is 19.3 Å². The third-order valence-electron chi connectivity index (χ3n) is 9.32. The molecule has 2 aliphatic carbocycles. The van der Waals surface area contributed by atoms with E-state index in [-0.39, 0.29) is 30.3 Å². The summed E-state index contributed by atoms with van der Waals surface area (Å²) in [5.41, 5.74) is 0.680. The lowest BCUT2D eigenvalue weighted by atomic mass is 9.91. The molecule has 0 bridgehead atoms. The molecule has 9 heteroatoms. The number of amides is 2. The molecule has 3 saturated heterocycles. The summed E-state index contributed by atoms with van der Waals surface area (Å²) in [6, 6.07) is 7.90. The van der Waals surface area contributed by atoms with Gasteiger partial charge >= 0.3 is 0 Å². The number of Topliss-reactive ketones (excluding diaryl/α,β-unsaturated/α-hetero) is 1. The van der Waals surface area contributed by atoms with Crippen molar-refractivity contribution in [1.82, 2.24) is 15.1 Å². The summed E-state index contributed by atoms with van der Waals surface area (Å²) in [6.45, 7) is 4.49. The molecule has 3 atom stereocenters. The highest BCUT2D eigenvalue weighted by Gasteiger charge is 2.56. The third kappa shape index (κ3) is 4.45. The third-order valence-corrected chi connectivity index (χ3v) is 9.32. The number of anilines is 1. The van der Waals surface area contributed by atoms with Gasteiger partial charge in [0.25, 0.3) is 5.91 Å². The largest absolute Gasteiger partial charge is 0.377 e. The molecular weight excluding hydrogens is 472 g/mol. The average Bonchev–Trinajstić information content (AvgIpc) is 3.61. The standard InChI is InChI=1S/C28H38N4O5/c1-36-23-17-32(24-22(33)18-37-25(23)24)27(35)28(11-2-3-12-28)29-26(34)19-7-9-21(10-8-19)31-15-13-30(14-16-31)20-5-4-6-20/h7-10,20,23-25H,2-6,11-18H2,1H3,(H,29,34)/t23-,24-,25-/m1/s1. The normalized spacial score (nSPS) is 29.9. The van der Waals surface area contributed by atoms with Gasteiger partial charge in [0.05, 0.1) is 6.54 Å². The smallest absolute Gasteiger partial charge is 0.252 e. The second-order valence-electron chi connectivity index (χ2n) is 11.3. The molecule has 2 saturated carbocycles. The molecule has 3 aliphatic heterocycles. The van der Waals surface area contributed by atoms with Gasteiger partial charge in [-0.05, 0) is 49.9 Å². The van der Waals surface area contributed by atoms with Crippen molar-refractivity contribution in [3.8, 4) is 0 Å². The monoisotopic (exact) mass is 510 g/mol. The van der Waals surface area contributed by atoms with Crippen LogP contribution < -0.4 is 10.2 Å². The molecule has 1 aromatic rings. The molecule has 9 nitrogen and oxygen atoms in total. The van der Waals surface area contributed by atoms with Gasteiger partial charge in [-0.2, -0.15) is 0 Å². The number of methoxy groups -OCH3 is 1. The van der Waals surface area contributed by atoms with E-state index in [1.807, 2.05) is 24.3 Å². The predicted octanol–water partition coefficient (Wildman–Crippen LogP) is 1.60. The molecule has 2 amide bonds. The Labute approximate surface area is 218 Å². The van der Waals surface area contributed by atoms with Crippen LogP contribution in [0.4, 0.5) is 5.69 Å². The number of ketones is 1. The van der Waals surface area contributed by atoms with Crippen LogP contribution in [0.1, 0.15) is 55.3 Å². The minimum Gasteiger partial charge on any atom is -0.377 e. The van der Waals surface area contributed by atoms with Gasteiger partial charge in [-0.3, -0.25) is 19.3 Å². The minimum atomic E-state index is -0.996. The number of hydrogen-bond acceptors (Lipinski definition) is 7. The van der Waals surface area contributed by atoms with Gasteiger partial charge in [0, 0.05) is 50.6 Å².